The number of nitrogens with zero attached hydrogens (tertiary/aromatic N) is 2. The molecule has 0 fully saturated rings. The second kappa shape index (κ2) is 7.74. The van der Waals surface area contributed by atoms with E-state index in [9.17, 15) is 13.6 Å². The monoisotopic (exact) mass is 376 g/mol. The minimum atomic E-state index is -0.946. The van der Waals surface area contributed by atoms with Gasteiger partial charge in [-0.3, -0.25) is 4.79 Å². The zero-order valence-corrected chi connectivity index (χ0v) is 15.2. The smallest absolute Gasteiger partial charge is 0.230 e. The summed E-state index contributed by atoms with van der Waals surface area (Å²) in [6, 6.07) is 9.99. The van der Waals surface area contributed by atoms with Crippen molar-refractivity contribution in [3.05, 3.63) is 53.6 Å². The zero-order valence-electron chi connectivity index (χ0n) is 14.3. The summed E-state index contributed by atoms with van der Waals surface area (Å²) in [6.07, 6.45) is 0. The number of hydrogen-bond acceptors (Lipinski definition) is 4. The van der Waals surface area contributed by atoms with Crippen LogP contribution < -0.4 is 10.2 Å². The predicted molar refractivity (Wildman–Crippen MR) is 99.3 cm³/mol. The molecule has 0 unspecified atom stereocenters. The Morgan fingerprint density at radius 3 is 2.58 bits per heavy atom. The molecule has 2 N–H and O–H groups in total. The number of nitrogens with one attached hydrogen (secondary N) is 2. The fraction of sp³-hybridized carbons (Fsp3) is 0.222. The van der Waals surface area contributed by atoms with E-state index in [1.54, 1.807) is 0 Å². The van der Waals surface area contributed by atoms with E-state index >= 15 is 0 Å². The SMILES string of the molecule is CN(C)c1ccc(CNC(=O)CSc2nc3cc(F)c(F)cc3[nH]2)cc1. The molecule has 0 saturated heterocycles. The number of rotatable bonds is 6. The van der Waals surface area contributed by atoms with Crippen molar-refractivity contribution < 1.29 is 13.6 Å². The predicted octanol–water partition coefficient (Wildman–Crippen LogP) is 3.32. The number of fused-ring (bicyclic) bond motifs is 1. The van der Waals surface area contributed by atoms with Gasteiger partial charge in [-0.2, -0.15) is 0 Å². The number of aromatic amines is 1. The van der Waals surface area contributed by atoms with Crippen molar-refractivity contribution in [1.29, 1.82) is 0 Å². The molecule has 26 heavy (non-hydrogen) atoms. The fourth-order valence-electron chi connectivity index (χ4n) is 2.35. The fourth-order valence-corrected chi connectivity index (χ4v) is 3.06. The van der Waals surface area contributed by atoms with Gasteiger partial charge < -0.3 is 15.2 Å². The highest BCUT2D eigenvalue weighted by Gasteiger charge is 2.10. The lowest BCUT2D eigenvalue weighted by molar-refractivity contribution is -0.118. The quantitative estimate of drug-likeness (QED) is 0.648. The molecule has 1 heterocycles. The van der Waals surface area contributed by atoms with Crippen LogP contribution >= 0.6 is 11.8 Å². The van der Waals surface area contributed by atoms with Gasteiger partial charge in [0.25, 0.3) is 0 Å². The number of aromatic nitrogens is 2. The minimum absolute atomic E-state index is 0.149. The molecular formula is C18H18F2N4OS. The van der Waals surface area contributed by atoms with Crippen molar-refractivity contribution in [3.8, 4) is 0 Å². The van der Waals surface area contributed by atoms with Crippen LogP contribution in [0.5, 0.6) is 0 Å². The third-order valence-corrected chi connectivity index (χ3v) is 4.66. The highest BCUT2D eigenvalue weighted by atomic mass is 32.2. The number of halogens is 2. The van der Waals surface area contributed by atoms with E-state index in [1.807, 2.05) is 43.3 Å². The van der Waals surface area contributed by atoms with Crippen LogP contribution in [0.25, 0.3) is 11.0 Å². The average molecular weight is 376 g/mol. The van der Waals surface area contributed by atoms with Crippen LogP contribution in [-0.2, 0) is 11.3 Å². The van der Waals surface area contributed by atoms with E-state index in [-0.39, 0.29) is 11.7 Å². The van der Waals surface area contributed by atoms with Crippen molar-refractivity contribution in [1.82, 2.24) is 15.3 Å². The number of carbonyl (C=O) groups excluding carboxylic acids is 1. The number of amides is 1. The van der Waals surface area contributed by atoms with Gasteiger partial charge in [0, 0.05) is 38.5 Å². The minimum Gasteiger partial charge on any atom is -0.378 e. The lowest BCUT2D eigenvalue weighted by Crippen LogP contribution is -2.24. The largest absolute Gasteiger partial charge is 0.378 e. The second-order valence-electron chi connectivity index (χ2n) is 5.95. The summed E-state index contributed by atoms with van der Waals surface area (Å²) in [7, 11) is 3.93. The summed E-state index contributed by atoms with van der Waals surface area (Å²) in [5.41, 5.74) is 2.82. The maximum Gasteiger partial charge on any atom is 0.230 e. The highest BCUT2D eigenvalue weighted by molar-refractivity contribution is 7.99. The molecule has 2 aromatic carbocycles. The summed E-state index contributed by atoms with van der Waals surface area (Å²) >= 11 is 1.18. The van der Waals surface area contributed by atoms with Crippen molar-refractivity contribution in [3.63, 3.8) is 0 Å². The number of benzene rings is 2. The van der Waals surface area contributed by atoms with Crippen LogP contribution in [0, 0.1) is 11.6 Å². The molecule has 136 valence electrons. The van der Waals surface area contributed by atoms with Gasteiger partial charge in [-0.1, -0.05) is 23.9 Å². The first-order valence-electron chi connectivity index (χ1n) is 7.93. The first kappa shape index (κ1) is 18.2. The Labute approximate surface area is 153 Å². The van der Waals surface area contributed by atoms with Gasteiger partial charge in [-0.05, 0) is 17.7 Å². The van der Waals surface area contributed by atoms with Gasteiger partial charge in [0.05, 0.1) is 16.8 Å². The van der Waals surface area contributed by atoms with E-state index in [0.29, 0.717) is 22.7 Å². The Kier molecular flexibility index (Phi) is 5.41. The maximum atomic E-state index is 13.2. The van der Waals surface area contributed by atoms with Crippen molar-refractivity contribution in [2.45, 2.75) is 11.7 Å². The highest BCUT2D eigenvalue weighted by Crippen LogP contribution is 2.21. The number of anilines is 1. The molecule has 0 saturated carbocycles. The molecule has 0 radical (unpaired) electrons. The van der Waals surface area contributed by atoms with E-state index in [4.69, 9.17) is 0 Å². The molecule has 0 aliphatic carbocycles. The van der Waals surface area contributed by atoms with Crippen molar-refractivity contribution in [2.24, 2.45) is 0 Å². The normalized spacial score (nSPS) is 10.9. The summed E-state index contributed by atoms with van der Waals surface area (Å²) in [4.78, 5) is 21.0. The molecule has 1 amide bonds. The molecule has 8 heteroatoms. The Morgan fingerprint density at radius 1 is 1.19 bits per heavy atom. The molecule has 3 aromatic rings. The van der Waals surface area contributed by atoms with Gasteiger partial charge in [-0.25, -0.2) is 13.8 Å². The van der Waals surface area contributed by atoms with Crippen LogP contribution in [0.1, 0.15) is 5.56 Å². The van der Waals surface area contributed by atoms with Crippen molar-refractivity contribution >= 4 is 34.4 Å². The van der Waals surface area contributed by atoms with Crippen LogP contribution in [0.15, 0.2) is 41.6 Å². The van der Waals surface area contributed by atoms with Gasteiger partial charge in [0.2, 0.25) is 5.91 Å². The molecule has 0 aliphatic rings. The van der Waals surface area contributed by atoms with E-state index in [1.165, 1.54) is 11.8 Å². The number of thioether (sulfide) groups is 1. The standard InChI is InChI=1S/C18H18F2N4OS/c1-24(2)12-5-3-11(4-6-12)9-21-17(25)10-26-18-22-15-7-13(19)14(20)8-16(15)23-18/h3-8H,9-10H2,1-2H3,(H,21,25)(H,22,23). The summed E-state index contributed by atoms with van der Waals surface area (Å²) in [5, 5.41) is 3.28. The van der Waals surface area contributed by atoms with E-state index in [0.717, 1.165) is 23.4 Å². The van der Waals surface area contributed by atoms with Crippen LogP contribution in [0.2, 0.25) is 0 Å². The molecule has 0 spiro atoms. The second-order valence-corrected chi connectivity index (χ2v) is 6.92. The van der Waals surface area contributed by atoms with E-state index in [2.05, 4.69) is 15.3 Å². The summed E-state index contributed by atoms with van der Waals surface area (Å²) < 4.78 is 26.4. The van der Waals surface area contributed by atoms with Crippen LogP contribution in [0.3, 0.4) is 0 Å². The van der Waals surface area contributed by atoms with Crippen molar-refractivity contribution in [2.75, 3.05) is 24.7 Å². The van der Waals surface area contributed by atoms with Gasteiger partial charge >= 0.3 is 0 Å². The Hall–Kier alpha value is -2.61. The molecule has 3 rings (SSSR count). The molecule has 1 aromatic heterocycles. The number of imidazole rings is 1. The molecular weight excluding hydrogens is 358 g/mol. The lowest BCUT2D eigenvalue weighted by Gasteiger charge is -2.12. The number of carbonyl (C=O) groups is 1. The third kappa shape index (κ3) is 4.32. The van der Waals surface area contributed by atoms with Crippen LogP contribution in [-0.4, -0.2) is 35.7 Å². The number of H-pyrrole nitrogens is 1. The Bertz CT molecular complexity index is 886. The van der Waals surface area contributed by atoms with Gasteiger partial charge in [0.15, 0.2) is 16.8 Å². The first-order chi connectivity index (χ1) is 12.4. The average Bonchev–Trinajstić information content (AvgIpc) is 3.00. The lowest BCUT2D eigenvalue weighted by atomic mass is 10.2. The molecule has 0 aliphatic heterocycles. The van der Waals surface area contributed by atoms with Crippen LogP contribution in [0.4, 0.5) is 14.5 Å². The Balaban J connectivity index is 1.52. The Morgan fingerprint density at radius 2 is 1.88 bits per heavy atom. The van der Waals surface area contributed by atoms with Gasteiger partial charge in [0.1, 0.15) is 0 Å². The topological polar surface area (TPSA) is 61.0 Å². The molecule has 5 nitrogen and oxygen atoms in total. The molecule has 0 atom stereocenters. The zero-order chi connectivity index (χ0) is 18.7. The molecule has 0 bridgehead atoms. The summed E-state index contributed by atoms with van der Waals surface area (Å²) in [6.45, 7) is 0.434. The third-order valence-electron chi connectivity index (χ3n) is 3.78. The van der Waals surface area contributed by atoms with Gasteiger partial charge in [-0.15, -0.1) is 0 Å². The maximum absolute atomic E-state index is 13.2. The summed E-state index contributed by atoms with van der Waals surface area (Å²) in [5.74, 6) is -1.88. The first-order valence-corrected chi connectivity index (χ1v) is 8.91. The number of hydrogen-bond donors (Lipinski definition) is 2. The van der Waals surface area contributed by atoms with E-state index < -0.39 is 11.6 Å².